The normalized spacial score (nSPS) is 15.8. The van der Waals surface area contributed by atoms with Crippen molar-refractivity contribution in [3.05, 3.63) is 59.8 Å². The third-order valence-corrected chi connectivity index (χ3v) is 4.19. The lowest BCUT2D eigenvalue weighted by Gasteiger charge is -2.23. The van der Waals surface area contributed by atoms with Crippen LogP contribution >= 0.6 is 0 Å². The molecule has 0 aliphatic carbocycles. The van der Waals surface area contributed by atoms with Crippen LogP contribution < -0.4 is 4.90 Å². The molecule has 7 heteroatoms. The van der Waals surface area contributed by atoms with E-state index >= 15 is 0 Å². The Balaban J connectivity index is 1.71. The Morgan fingerprint density at radius 1 is 1.00 bits per heavy atom. The summed E-state index contributed by atoms with van der Waals surface area (Å²) in [5, 5.41) is 0. The van der Waals surface area contributed by atoms with Gasteiger partial charge in [0.25, 0.3) is 5.91 Å². The van der Waals surface area contributed by atoms with Crippen LogP contribution in [-0.2, 0) is 6.18 Å². The molecule has 0 unspecified atom stereocenters. The van der Waals surface area contributed by atoms with E-state index in [4.69, 9.17) is 0 Å². The molecule has 0 N–H and O–H groups in total. The molecule has 1 aliphatic rings. The molecule has 0 radical (unpaired) electrons. The zero-order valence-corrected chi connectivity index (χ0v) is 13.5. The van der Waals surface area contributed by atoms with Gasteiger partial charge in [-0.05, 0) is 36.8 Å². The second kappa shape index (κ2) is 7.13. The molecule has 1 fully saturated rings. The van der Waals surface area contributed by atoms with Crippen LogP contribution in [0.3, 0.4) is 0 Å². The predicted octanol–water partition coefficient (Wildman–Crippen LogP) is 3.45. The second-order valence-corrected chi connectivity index (χ2v) is 5.90. The summed E-state index contributed by atoms with van der Waals surface area (Å²) in [5.41, 5.74) is -0.732. The lowest BCUT2D eigenvalue weighted by molar-refractivity contribution is -0.137. The van der Waals surface area contributed by atoms with Crippen molar-refractivity contribution in [2.45, 2.75) is 12.6 Å². The van der Waals surface area contributed by atoms with Gasteiger partial charge in [0, 0.05) is 37.9 Å². The molecular weight excluding hydrogens is 331 g/mol. The number of amides is 1. The summed E-state index contributed by atoms with van der Waals surface area (Å²) < 4.78 is 38.5. The van der Waals surface area contributed by atoms with Crippen molar-refractivity contribution >= 4 is 11.7 Å². The monoisotopic (exact) mass is 349 g/mol. The SMILES string of the molecule is O=C(c1cccc(C(F)(F)F)c1)N1CCCN(c2ccccn2)CC1. The Bertz CT molecular complexity index is 734. The molecule has 0 spiro atoms. The number of aromatic nitrogens is 1. The van der Waals surface area contributed by atoms with Gasteiger partial charge in [0.15, 0.2) is 0 Å². The topological polar surface area (TPSA) is 36.4 Å². The molecule has 2 aromatic rings. The maximum Gasteiger partial charge on any atom is 0.416 e. The highest BCUT2D eigenvalue weighted by molar-refractivity contribution is 5.94. The van der Waals surface area contributed by atoms with Gasteiger partial charge >= 0.3 is 6.18 Å². The number of hydrogen-bond acceptors (Lipinski definition) is 3. The lowest BCUT2D eigenvalue weighted by Crippen LogP contribution is -2.35. The summed E-state index contributed by atoms with van der Waals surface area (Å²) in [5.74, 6) is 0.477. The number of halogens is 3. The van der Waals surface area contributed by atoms with E-state index in [-0.39, 0.29) is 11.5 Å². The summed E-state index contributed by atoms with van der Waals surface area (Å²) in [6.07, 6.45) is -2.00. The molecule has 4 nitrogen and oxygen atoms in total. The number of hydrogen-bond donors (Lipinski definition) is 0. The minimum absolute atomic E-state index is 0.0705. The molecular formula is C18H18F3N3O. The quantitative estimate of drug-likeness (QED) is 0.833. The van der Waals surface area contributed by atoms with Gasteiger partial charge in [0.2, 0.25) is 0 Å². The summed E-state index contributed by atoms with van der Waals surface area (Å²) in [6.45, 7) is 2.31. The van der Waals surface area contributed by atoms with Gasteiger partial charge in [-0.15, -0.1) is 0 Å². The summed E-state index contributed by atoms with van der Waals surface area (Å²) in [4.78, 5) is 20.6. The van der Waals surface area contributed by atoms with Crippen molar-refractivity contribution in [2.24, 2.45) is 0 Å². The molecule has 1 aliphatic heterocycles. The highest BCUT2D eigenvalue weighted by Gasteiger charge is 2.31. The molecule has 3 rings (SSSR count). The van der Waals surface area contributed by atoms with Crippen molar-refractivity contribution in [3.63, 3.8) is 0 Å². The summed E-state index contributed by atoms with van der Waals surface area (Å²) in [7, 11) is 0. The van der Waals surface area contributed by atoms with Gasteiger partial charge in [0.1, 0.15) is 5.82 Å². The fraction of sp³-hybridized carbons (Fsp3) is 0.333. The van der Waals surface area contributed by atoms with E-state index in [9.17, 15) is 18.0 Å². The minimum atomic E-state index is -4.45. The zero-order chi connectivity index (χ0) is 17.9. The van der Waals surface area contributed by atoms with E-state index in [0.717, 1.165) is 30.9 Å². The molecule has 25 heavy (non-hydrogen) atoms. The first-order valence-corrected chi connectivity index (χ1v) is 8.08. The molecule has 0 bridgehead atoms. The number of pyridine rings is 1. The lowest BCUT2D eigenvalue weighted by atomic mass is 10.1. The third-order valence-electron chi connectivity index (χ3n) is 4.19. The Morgan fingerprint density at radius 3 is 2.56 bits per heavy atom. The van der Waals surface area contributed by atoms with Crippen molar-refractivity contribution in [2.75, 3.05) is 31.1 Å². The van der Waals surface area contributed by atoms with Crippen LogP contribution in [-0.4, -0.2) is 42.0 Å². The molecule has 1 aromatic carbocycles. The molecule has 0 saturated carbocycles. The number of carbonyl (C=O) groups is 1. The number of benzene rings is 1. The highest BCUT2D eigenvalue weighted by Crippen LogP contribution is 2.29. The largest absolute Gasteiger partial charge is 0.416 e. The van der Waals surface area contributed by atoms with Gasteiger partial charge < -0.3 is 9.80 Å². The standard InChI is InChI=1S/C18H18F3N3O/c19-18(20,21)15-6-3-5-14(13-15)17(25)24-10-4-9-23(11-12-24)16-7-1-2-8-22-16/h1-3,5-8,13H,4,9-12H2. The zero-order valence-electron chi connectivity index (χ0n) is 13.5. The summed E-state index contributed by atoms with van der Waals surface area (Å²) >= 11 is 0. The Morgan fingerprint density at radius 2 is 1.84 bits per heavy atom. The van der Waals surface area contributed by atoms with E-state index in [2.05, 4.69) is 9.88 Å². The number of rotatable bonds is 2. The van der Waals surface area contributed by atoms with E-state index in [0.29, 0.717) is 19.6 Å². The Hall–Kier alpha value is -2.57. The fourth-order valence-electron chi connectivity index (χ4n) is 2.90. The second-order valence-electron chi connectivity index (χ2n) is 5.90. The van der Waals surface area contributed by atoms with Crippen molar-refractivity contribution in [1.82, 2.24) is 9.88 Å². The van der Waals surface area contributed by atoms with E-state index < -0.39 is 11.7 Å². The Kier molecular flexibility index (Phi) is 4.92. The molecule has 0 atom stereocenters. The van der Waals surface area contributed by atoms with Crippen LogP contribution in [0.1, 0.15) is 22.3 Å². The first-order chi connectivity index (χ1) is 11.9. The van der Waals surface area contributed by atoms with E-state index in [1.165, 1.54) is 12.1 Å². The molecule has 1 amide bonds. The van der Waals surface area contributed by atoms with Crippen LogP contribution in [0, 0.1) is 0 Å². The first-order valence-electron chi connectivity index (χ1n) is 8.08. The smallest absolute Gasteiger partial charge is 0.355 e. The van der Waals surface area contributed by atoms with Gasteiger partial charge in [0.05, 0.1) is 5.56 Å². The van der Waals surface area contributed by atoms with Crippen LogP contribution in [0.4, 0.5) is 19.0 Å². The average molecular weight is 349 g/mol. The fourth-order valence-corrected chi connectivity index (χ4v) is 2.90. The van der Waals surface area contributed by atoms with Gasteiger partial charge in [-0.25, -0.2) is 4.98 Å². The Labute approximate surface area is 143 Å². The number of anilines is 1. The highest BCUT2D eigenvalue weighted by atomic mass is 19.4. The van der Waals surface area contributed by atoms with E-state index in [1.807, 2.05) is 18.2 Å². The van der Waals surface area contributed by atoms with Crippen LogP contribution in [0.25, 0.3) is 0 Å². The summed E-state index contributed by atoms with van der Waals surface area (Å²) in [6, 6.07) is 10.2. The van der Waals surface area contributed by atoms with Gasteiger partial charge in [-0.3, -0.25) is 4.79 Å². The molecule has 2 heterocycles. The maximum atomic E-state index is 12.8. The van der Waals surface area contributed by atoms with Crippen LogP contribution in [0.2, 0.25) is 0 Å². The number of alkyl halides is 3. The molecule has 1 saturated heterocycles. The van der Waals surface area contributed by atoms with Crippen molar-refractivity contribution < 1.29 is 18.0 Å². The predicted molar refractivity (Wildman–Crippen MR) is 88.4 cm³/mol. The number of nitrogens with zero attached hydrogens (tertiary/aromatic N) is 3. The van der Waals surface area contributed by atoms with Crippen molar-refractivity contribution in [3.8, 4) is 0 Å². The average Bonchev–Trinajstić information content (AvgIpc) is 2.87. The first kappa shape index (κ1) is 17.3. The number of carbonyl (C=O) groups excluding carboxylic acids is 1. The minimum Gasteiger partial charge on any atom is -0.355 e. The molecule has 1 aromatic heterocycles. The third kappa shape index (κ3) is 4.10. The van der Waals surface area contributed by atoms with Crippen molar-refractivity contribution in [1.29, 1.82) is 0 Å². The van der Waals surface area contributed by atoms with E-state index in [1.54, 1.807) is 11.1 Å². The van der Waals surface area contributed by atoms with Crippen LogP contribution in [0.15, 0.2) is 48.7 Å². The van der Waals surface area contributed by atoms with Gasteiger partial charge in [-0.1, -0.05) is 12.1 Å². The van der Waals surface area contributed by atoms with Crippen LogP contribution in [0.5, 0.6) is 0 Å². The molecule has 132 valence electrons. The van der Waals surface area contributed by atoms with Gasteiger partial charge in [-0.2, -0.15) is 13.2 Å². The maximum absolute atomic E-state index is 12.8.